The molecule has 5 fully saturated rings. The summed E-state index contributed by atoms with van der Waals surface area (Å²) in [5.74, 6) is -2.17. The molecule has 4 saturated heterocycles. The summed E-state index contributed by atoms with van der Waals surface area (Å²) in [5, 5.41) is 0. The van der Waals surface area contributed by atoms with Gasteiger partial charge in [-0.25, -0.2) is 13.6 Å². The van der Waals surface area contributed by atoms with Gasteiger partial charge in [0.1, 0.15) is 23.4 Å². The van der Waals surface area contributed by atoms with Crippen molar-refractivity contribution < 1.29 is 32.5 Å². The monoisotopic (exact) mass is 484 g/mol. The van der Waals surface area contributed by atoms with Crippen molar-refractivity contribution in [3.05, 3.63) is 11.6 Å². The van der Waals surface area contributed by atoms with E-state index in [1.807, 2.05) is 0 Å². The molecule has 1 aliphatic carbocycles. The lowest BCUT2D eigenvalue weighted by Gasteiger charge is -2.45. The van der Waals surface area contributed by atoms with Crippen LogP contribution >= 0.6 is 0 Å². The van der Waals surface area contributed by atoms with Crippen molar-refractivity contribution in [3.63, 3.8) is 0 Å². The number of methoxy groups -OCH3 is 1. The Balaban J connectivity index is 1.13. The van der Waals surface area contributed by atoms with Gasteiger partial charge < -0.3 is 23.8 Å². The number of alkyl halides is 2. The molecule has 192 valence electrons. The summed E-state index contributed by atoms with van der Waals surface area (Å²) in [7, 11) is 1.68. The van der Waals surface area contributed by atoms with Crippen molar-refractivity contribution in [2.24, 2.45) is 11.8 Å². The fourth-order valence-corrected chi connectivity index (χ4v) is 6.31. The van der Waals surface area contributed by atoms with Crippen LogP contribution in [-0.2, 0) is 18.9 Å². The normalized spacial score (nSPS) is 40.9. The fourth-order valence-electron chi connectivity index (χ4n) is 6.31. The Morgan fingerprint density at radius 3 is 2.53 bits per heavy atom. The van der Waals surface area contributed by atoms with Crippen LogP contribution in [0.4, 0.5) is 13.6 Å². The number of halogens is 2. The lowest BCUT2D eigenvalue weighted by atomic mass is 9.68. The Kier molecular flexibility index (Phi) is 6.23. The molecule has 1 spiro atoms. The maximum absolute atomic E-state index is 13.0. The maximum Gasteiger partial charge on any atom is 0.410 e. The van der Waals surface area contributed by atoms with Gasteiger partial charge in [-0.15, -0.1) is 0 Å². The molecule has 0 aromatic rings. The Bertz CT molecular complexity index is 816. The van der Waals surface area contributed by atoms with Gasteiger partial charge in [-0.2, -0.15) is 0 Å². The van der Waals surface area contributed by atoms with E-state index in [0.717, 1.165) is 19.3 Å². The van der Waals surface area contributed by atoms with Crippen molar-refractivity contribution in [2.45, 2.75) is 81.9 Å². The Labute approximate surface area is 200 Å². The van der Waals surface area contributed by atoms with Crippen LogP contribution in [0.15, 0.2) is 11.6 Å². The third-order valence-corrected chi connectivity index (χ3v) is 8.47. The molecule has 0 radical (unpaired) electrons. The second-order valence-corrected chi connectivity index (χ2v) is 11.4. The average Bonchev–Trinajstić information content (AvgIpc) is 3.62. The number of carbonyl (C=O) groups excluding carboxylic acids is 1. The second-order valence-electron chi connectivity index (χ2n) is 11.4. The van der Waals surface area contributed by atoms with Crippen molar-refractivity contribution in [1.29, 1.82) is 0 Å². The number of carbonyl (C=O) groups is 1. The molecular weight excluding hydrogens is 446 g/mol. The standard InChI is InChI=1S/C25H38F2N2O5/c1-16(2)5-6-19-23(3,34-19)21-20(31-4)18(7-9-24(21)15-32-24)33-22(30)29-11-17(12-29)8-10-28-13-25(26,27)14-28/h5,17-21H,6-15H2,1-4H3/t18-,19-,20-,21?,23+,24+/m1/s1. The Hall–Kier alpha value is -1.29. The zero-order chi connectivity index (χ0) is 24.3. The van der Waals surface area contributed by atoms with Crippen molar-refractivity contribution >= 4 is 6.09 Å². The van der Waals surface area contributed by atoms with E-state index in [-0.39, 0.29) is 54.6 Å². The predicted octanol–water partition coefficient (Wildman–Crippen LogP) is 3.47. The van der Waals surface area contributed by atoms with E-state index in [4.69, 9.17) is 18.9 Å². The Morgan fingerprint density at radius 2 is 1.94 bits per heavy atom. The predicted molar refractivity (Wildman–Crippen MR) is 121 cm³/mol. The summed E-state index contributed by atoms with van der Waals surface area (Å²) in [6.07, 6.45) is 4.59. The molecule has 1 amide bonds. The molecule has 4 aliphatic heterocycles. The van der Waals surface area contributed by atoms with Crippen LogP contribution < -0.4 is 0 Å². The van der Waals surface area contributed by atoms with Gasteiger partial charge >= 0.3 is 6.09 Å². The zero-order valence-electron chi connectivity index (χ0n) is 20.7. The first-order chi connectivity index (χ1) is 16.1. The van der Waals surface area contributed by atoms with Crippen LogP contribution in [0.1, 0.15) is 46.5 Å². The number of allylic oxidation sites excluding steroid dienone is 1. The van der Waals surface area contributed by atoms with Crippen molar-refractivity contribution in [1.82, 2.24) is 9.80 Å². The summed E-state index contributed by atoms with van der Waals surface area (Å²) in [6, 6.07) is 0. The van der Waals surface area contributed by atoms with Gasteiger partial charge in [0, 0.05) is 20.2 Å². The maximum atomic E-state index is 13.0. The van der Waals surface area contributed by atoms with E-state index < -0.39 is 5.92 Å². The van der Waals surface area contributed by atoms with Gasteiger partial charge in [0.2, 0.25) is 0 Å². The molecule has 0 aromatic carbocycles. The highest BCUT2D eigenvalue weighted by molar-refractivity contribution is 5.69. The number of rotatable bonds is 8. The number of ether oxygens (including phenoxy) is 4. The fraction of sp³-hybridized carbons (Fsp3) is 0.880. The molecule has 34 heavy (non-hydrogen) atoms. The van der Waals surface area contributed by atoms with Crippen molar-refractivity contribution in [3.8, 4) is 0 Å². The topological polar surface area (TPSA) is 67.1 Å². The molecule has 5 aliphatic rings. The second kappa shape index (κ2) is 8.68. The SMILES string of the molecule is CO[C@H]1C([C@@]2(C)O[C@@H]2CC=C(C)C)[C@]2(CC[C@H]1OC(=O)N1CC(CCN3CC(F)(F)C3)C1)CO2. The van der Waals surface area contributed by atoms with E-state index in [9.17, 15) is 13.6 Å². The first kappa shape index (κ1) is 24.4. The van der Waals surface area contributed by atoms with E-state index in [1.54, 1.807) is 16.9 Å². The highest BCUT2D eigenvalue weighted by Gasteiger charge is 2.72. The lowest BCUT2D eigenvalue weighted by molar-refractivity contribution is -0.133. The minimum Gasteiger partial charge on any atom is -0.443 e. The molecule has 0 N–H and O–H groups in total. The van der Waals surface area contributed by atoms with Gasteiger partial charge in [0.25, 0.3) is 5.92 Å². The molecule has 7 nitrogen and oxygen atoms in total. The van der Waals surface area contributed by atoms with E-state index in [1.165, 1.54) is 5.57 Å². The number of likely N-dealkylation sites (tertiary alicyclic amines) is 2. The molecule has 0 bridgehead atoms. The largest absolute Gasteiger partial charge is 0.443 e. The van der Waals surface area contributed by atoms with Crippen molar-refractivity contribution in [2.75, 3.05) is 46.4 Å². The zero-order valence-corrected chi connectivity index (χ0v) is 20.7. The molecule has 1 unspecified atom stereocenters. The smallest absolute Gasteiger partial charge is 0.410 e. The molecule has 5 rings (SSSR count). The van der Waals surface area contributed by atoms with Gasteiger partial charge in [-0.05, 0) is 58.9 Å². The number of nitrogens with zero attached hydrogens (tertiary/aromatic N) is 2. The molecule has 0 aromatic heterocycles. The quantitative estimate of drug-likeness (QED) is 0.388. The summed E-state index contributed by atoms with van der Waals surface area (Å²) < 4.78 is 50.0. The molecule has 4 heterocycles. The number of epoxide rings is 2. The summed E-state index contributed by atoms with van der Waals surface area (Å²) >= 11 is 0. The summed E-state index contributed by atoms with van der Waals surface area (Å²) in [6.45, 7) is 8.62. The van der Waals surface area contributed by atoms with Gasteiger partial charge in [-0.1, -0.05) is 11.6 Å². The first-order valence-electron chi connectivity index (χ1n) is 12.6. The Morgan fingerprint density at radius 1 is 1.24 bits per heavy atom. The van der Waals surface area contributed by atoms with E-state index in [2.05, 4.69) is 26.8 Å². The lowest BCUT2D eigenvalue weighted by Crippen LogP contribution is -2.59. The minimum atomic E-state index is -2.52. The minimum absolute atomic E-state index is 0.00547. The van der Waals surface area contributed by atoms with E-state index >= 15 is 0 Å². The third-order valence-electron chi connectivity index (χ3n) is 8.47. The highest BCUT2D eigenvalue weighted by Crippen LogP contribution is 2.59. The van der Waals surface area contributed by atoms with Gasteiger partial charge in [-0.3, -0.25) is 4.90 Å². The average molecular weight is 485 g/mol. The molecule has 9 heteroatoms. The van der Waals surface area contributed by atoms with Crippen LogP contribution in [0, 0.1) is 11.8 Å². The summed E-state index contributed by atoms with van der Waals surface area (Å²) in [4.78, 5) is 16.3. The third kappa shape index (κ3) is 4.61. The molecule has 6 atom stereocenters. The van der Waals surface area contributed by atoms with Crippen LogP contribution in [0.25, 0.3) is 0 Å². The van der Waals surface area contributed by atoms with Gasteiger partial charge in [0.05, 0.1) is 31.7 Å². The number of hydrogen-bond acceptors (Lipinski definition) is 6. The first-order valence-corrected chi connectivity index (χ1v) is 12.6. The highest BCUT2D eigenvalue weighted by atomic mass is 19.3. The van der Waals surface area contributed by atoms with Crippen LogP contribution in [0.2, 0.25) is 0 Å². The molecule has 1 saturated carbocycles. The summed E-state index contributed by atoms with van der Waals surface area (Å²) in [5.41, 5.74) is 0.668. The van der Waals surface area contributed by atoms with Crippen LogP contribution in [0.3, 0.4) is 0 Å². The number of amides is 1. The number of hydrogen-bond donors (Lipinski definition) is 0. The molecular formula is C25H38F2N2O5. The van der Waals surface area contributed by atoms with Crippen LogP contribution in [-0.4, -0.2) is 97.8 Å². The van der Waals surface area contributed by atoms with Crippen LogP contribution in [0.5, 0.6) is 0 Å². The van der Waals surface area contributed by atoms with Gasteiger partial charge in [0.15, 0.2) is 0 Å². The van der Waals surface area contributed by atoms with E-state index in [0.29, 0.717) is 38.6 Å².